The molecule has 0 unspecified atom stereocenters. The maximum Gasteiger partial charge on any atom is 0.309 e. The van der Waals surface area contributed by atoms with E-state index in [2.05, 4.69) is 19.8 Å². The Morgan fingerprint density at radius 3 is 2.89 bits per heavy atom. The van der Waals surface area contributed by atoms with Crippen molar-refractivity contribution < 1.29 is 9.53 Å². The van der Waals surface area contributed by atoms with E-state index in [4.69, 9.17) is 0 Å². The van der Waals surface area contributed by atoms with E-state index in [9.17, 15) is 4.79 Å². The maximum atomic E-state index is 11.3. The summed E-state index contributed by atoms with van der Waals surface area (Å²) in [7, 11) is 5.49. The van der Waals surface area contributed by atoms with Gasteiger partial charge >= 0.3 is 5.97 Å². The van der Waals surface area contributed by atoms with Gasteiger partial charge in [0.1, 0.15) is 0 Å². The Hall–Kier alpha value is -1.88. The molecule has 2 rings (SSSR count). The van der Waals surface area contributed by atoms with Gasteiger partial charge in [0.05, 0.1) is 19.0 Å². The second-order valence-corrected chi connectivity index (χ2v) is 4.86. The van der Waals surface area contributed by atoms with Gasteiger partial charge in [-0.3, -0.25) is 9.89 Å². The number of aromatic nitrogens is 2. The standard InChI is InChI=1S/C14H19N3O2/c1-17(2)7-6-13-11-8-10(9-14(18)19-3)4-5-12(11)15-16-13/h4-5,8H,6-7,9H2,1-3H3,(H,15,16). The number of aromatic amines is 1. The minimum atomic E-state index is -0.224. The Labute approximate surface area is 112 Å². The molecule has 0 amide bonds. The number of carbonyl (C=O) groups excluding carboxylic acids is 1. The molecule has 0 saturated heterocycles. The van der Waals surface area contributed by atoms with Crippen LogP contribution < -0.4 is 0 Å². The van der Waals surface area contributed by atoms with Gasteiger partial charge in [0, 0.05) is 24.0 Å². The molecule has 1 aromatic carbocycles. The fourth-order valence-electron chi connectivity index (χ4n) is 1.99. The first-order chi connectivity index (χ1) is 9.10. The van der Waals surface area contributed by atoms with Crippen molar-refractivity contribution in [3.63, 3.8) is 0 Å². The van der Waals surface area contributed by atoms with E-state index < -0.39 is 0 Å². The van der Waals surface area contributed by atoms with Crippen LogP contribution in [0, 0.1) is 0 Å². The van der Waals surface area contributed by atoms with E-state index in [0.29, 0.717) is 6.42 Å². The predicted octanol–water partition coefficient (Wildman–Crippen LogP) is 1.38. The maximum absolute atomic E-state index is 11.3. The van der Waals surface area contributed by atoms with Crippen molar-refractivity contribution in [3.05, 3.63) is 29.5 Å². The lowest BCUT2D eigenvalue weighted by molar-refractivity contribution is -0.139. The highest BCUT2D eigenvalue weighted by Crippen LogP contribution is 2.19. The number of nitrogens with zero attached hydrogens (tertiary/aromatic N) is 2. The number of methoxy groups -OCH3 is 1. The highest BCUT2D eigenvalue weighted by Gasteiger charge is 2.09. The van der Waals surface area contributed by atoms with Crippen LogP contribution in [0.25, 0.3) is 10.9 Å². The van der Waals surface area contributed by atoms with Gasteiger partial charge in [-0.25, -0.2) is 0 Å². The van der Waals surface area contributed by atoms with E-state index in [1.165, 1.54) is 7.11 Å². The van der Waals surface area contributed by atoms with E-state index in [0.717, 1.165) is 35.1 Å². The van der Waals surface area contributed by atoms with Gasteiger partial charge in [-0.05, 0) is 31.8 Å². The summed E-state index contributed by atoms with van der Waals surface area (Å²) in [5.41, 5.74) is 2.99. The largest absolute Gasteiger partial charge is 0.469 e. The molecule has 0 bridgehead atoms. The van der Waals surface area contributed by atoms with E-state index in [-0.39, 0.29) is 5.97 Å². The van der Waals surface area contributed by atoms with Gasteiger partial charge in [0.15, 0.2) is 0 Å². The first kappa shape index (κ1) is 13.5. The average Bonchev–Trinajstić information content (AvgIpc) is 2.78. The summed E-state index contributed by atoms with van der Waals surface area (Å²) in [5.74, 6) is -0.224. The number of esters is 1. The van der Waals surface area contributed by atoms with Crippen molar-refractivity contribution in [2.75, 3.05) is 27.7 Å². The third-order valence-electron chi connectivity index (χ3n) is 3.08. The number of carbonyl (C=O) groups is 1. The van der Waals surface area contributed by atoms with Gasteiger partial charge in [-0.2, -0.15) is 5.10 Å². The van der Waals surface area contributed by atoms with Gasteiger partial charge in [-0.15, -0.1) is 0 Å². The van der Waals surface area contributed by atoms with Crippen LogP contribution in [-0.4, -0.2) is 48.8 Å². The first-order valence-corrected chi connectivity index (χ1v) is 6.27. The van der Waals surface area contributed by atoms with E-state index >= 15 is 0 Å². The van der Waals surface area contributed by atoms with Crippen molar-refractivity contribution >= 4 is 16.9 Å². The minimum Gasteiger partial charge on any atom is -0.469 e. The van der Waals surface area contributed by atoms with Gasteiger partial charge in [-0.1, -0.05) is 6.07 Å². The van der Waals surface area contributed by atoms with Crippen molar-refractivity contribution in [2.45, 2.75) is 12.8 Å². The number of ether oxygens (including phenoxy) is 1. The number of rotatable bonds is 5. The SMILES string of the molecule is COC(=O)Cc1ccc2n[nH]c(CCN(C)C)c2c1. The molecule has 0 aliphatic rings. The van der Waals surface area contributed by atoms with Gasteiger partial charge in [0.25, 0.3) is 0 Å². The van der Waals surface area contributed by atoms with Crippen molar-refractivity contribution in [2.24, 2.45) is 0 Å². The lowest BCUT2D eigenvalue weighted by atomic mass is 10.1. The molecule has 0 aliphatic carbocycles. The molecular weight excluding hydrogens is 242 g/mol. The van der Waals surface area contributed by atoms with Gasteiger partial charge < -0.3 is 9.64 Å². The summed E-state index contributed by atoms with van der Waals surface area (Å²) in [5, 5.41) is 8.43. The number of hydrogen-bond donors (Lipinski definition) is 1. The zero-order chi connectivity index (χ0) is 13.8. The highest BCUT2D eigenvalue weighted by atomic mass is 16.5. The van der Waals surface area contributed by atoms with Gasteiger partial charge in [0.2, 0.25) is 0 Å². The fraction of sp³-hybridized carbons (Fsp3) is 0.429. The number of likely N-dealkylation sites (N-methyl/N-ethyl adjacent to an activating group) is 1. The molecular formula is C14H19N3O2. The Bertz CT molecular complexity index is 575. The van der Waals surface area contributed by atoms with Crippen molar-refractivity contribution in [1.82, 2.24) is 15.1 Å². The van der Waals surface area contributed by atoms with Crippen LogP contribution in [0.15, 0.2) is 18.2 Å². The molecule has 2 aromatic rings. The average molecular weight is 261 g/mol. The third-order valence-corrected chi connectivity index (χ3v) is 3.08. The first-order valence-electron chi connectivity index (χ1n) is 6.27. The monoisotopic (exact) mass is 261 g/mol. The highest BCUT2D eigenvalue weighted by molar-refractivity contribution is 5.83. The molecule has 102 valence electrons. The zero-order valence-electron chi connectivity index (χ0n) is 11.6. The Balaban J connectivity index is 2.24. The topological polar surface area (TPSA) is 58.2 Å². The number of benzene rings is 1. The third kappa shape index (κ3) is 3.32. The van der Waals surface area contributed by atoms with Crippen LogP contribution >= 0.6 is 0 Å². The lowest BCUT2D eigenvalue weighted by Crippen LogP contribution is -2.15. The molecule has 19 heavy (non-hydrogen) atoms. The van der Waals surface area contributed by atoms with Crippen LogP contribution in [0.2, 0.25) is 0 Å². The number of H-pyrrole nitrogens is 1. The molecule has 1 aromatic heterocycles. The molecule has 0 spiro atoms. The Morgan fingerprint density at radius 2 is 2.21 bits per heavy atom. The number of nitrogens with one attached hydrogen (secondary N) is 1. The summed E-state index contributed by atoms with van der Waals surface area (Å²) in [4.78, 5) is 13.4. The smallest absolute Gasteiger partial charge is 0.309 e. The van der Waals surface area contributed by atoms with Crippen molar-refractivity contribution in [1.29, 1.82) is 0 Å². The normalized spacial score (nSPS) is 11.2. The Kier molecular flexibility index (Phi) is 4.16. The summed E-state index contributed by atoms with van der Waals surface area (Å²) in [6.07, 6.45) is 1.20. The Morgan fingerprint density at radius 1 is 1.42 bits per heavy atom. The number of fused-ring (bicyclic) bond motifs is 1. The summed E-state index contributed by atoms with van der Waals surface area (Å²) >= 11 is 0. The molecule has 0 atom stereocenters. The minimum absolute atomic E-state index is 0.224. The van der Waals surface area contributed by atoms with E-state index in [1.54, 1.807) is 0 Å². The second-order valence-electron chi connectivity index (χ2n) is 4.86. The molecule has 1 heterocycles. The van der Waals surface area contributed by atoms with Crippen LogP contribution in [0.5, 0.6) is 0 Å². The molecule has 0 radical (unpaired) electrons. The van der Waals surface area contributed by atoms with Crippen LogP contribution in [-0.2, 0) is 22.4 Å². The fourth-order valence-corrected chi connectivity index (χ4v) is 1.99. The quantitative estimate of drug-likeness (QED) is 0.826. The predicted molar refractivity (Wildman–Crippen MR) is 74.1 cm³/mol. The molecule has 5 heteroatoms. The van der Waals surface area contributed by atoms with E-state index in [1.807, 2.05) is 32.3 Å². The summed E-state index contributed by atoms with van der Waals surface area (Å²) in [6, 6.07) is 5.86. The molecule has 1 N–H and O–H groups in total. The molecule has 0 aliphatic heterocycles. The molecule has 0 fully saturated rings. The van der Waals surface area contributed by atoms with Crippen LogP contribution in [0.3, 0.4) is 0 Å². The van der Waals surface area contributed by atoms with Crippen LogP contribution in [0.4, 0.5) is 0 Å². The van der Waals surface area contributed by atoms with Crippen molar-refractivity contribution in [3.8, 4) is 0 Å². The molecule has 0 saturated carbocycles. The lowest BCUT2D eigenvalue weighted by Gasteiger charge is -2.08. The van der Waals surface area contributed by atoms with Crippen LogP contribution in [0.1, 0.15) is 11.3 Å². The second kappa shape index (κ2) is 5.84. The number of hydrogen-bond acceptors (Lipinski definition) is 4. The zero-order valence-corrected chi connectivity index (χ0v) is 11.6. The summed E-state index contributed by atoms with van der Waals surface area (Å²) in [6.45, 7) is 0.957. The summed E-state index contributed by atoms with van der Waals surface area (Å²) < 4.78 is 4.69. The molecule has 5 nitrogen and oxygen atoms in total.